The fourth-order valence-electron chi connectivity index (χ4n) is 2.97. The molecule has 1 fully saturated rings. The summed E-state index contributed by atoms with van der Waals surface area (Å²) in [6.45, 7) is 3.20. The summed E-state index contributed by atoms with van der Waals surface area (Å²) in [5.74, 6) is 2.20. The van der Waals surface area contributed by atoms with Crippen LogP contribution in [-0.4, -0.2) is 42.1 Å². The topological polar surface area (TPSA) is 79.4 Å². The molecule has 1 aromatic carbocycles. The van der Waals surface area contributed by atoms with E-state index in [0.717, 1.165) is 43.2 Å². The predicted molar refractivity (Wildman–Crippen MR) is 97.4 cm³/mol. The van der Waals surface area contributed by atoms with E-state index in [4.69, 9.17) is 4.74 Å². The Labute approximate surface area is 147 Å². The van der Waals surface area contributed by atoms with Gasteiger partial charge in [0.2, 0.25) is 11.9 Å². The minimum atomic E-state index is 0.0257. The van der Waals surface area contributed by atoms with Gasteiger partial charge in [0.05, 0.1) is 12.8 Å². The number of methoxy groups -OCH3 is 1. The van der Waals surface area contributed by atoms with E-state index in [2.05, 4.69) is 25.5 Å². The molecule has 1 aliphatic rings. The number of amides is 1. The molecule has 1 aromatic heterocycles. The van der Waals surface area contributed by atoms with Gasteiger partial charge in [0, 0.05) is 32.3 Å². The summed E-state index contributed by atoms with van der Waals surface area (Å²) in [7, 11) is 1.64. The van der Waals surface area contributed by atoms with Gasteiger partial charge in [-0.1, -0.05) is 12.1 Å². The van der Waals surface area contributed by atoms with Gasteiger partial charge in [0.1, 0.15) is 11.6 Å². The van der Waals surface area contributed by atoms with Crippen molar-refractivity contribution in [3.63, 3.8) is 0 Å². The molecule has 2 aromatic rings. The number of para-hydroxylation sites is 2. The monoisotopic (exact) mass is 341 g/mol. The molecule has 0 saturated carbocycles. The molecule has 7 heteroatoms. The zero-order valence-corrected chi connectivity index (χ0v) is 14.5. The van der Waals surface area contributed by atoms with Crippen molar-refractivity contribution in [1.82, 2.24) is 15.3 Å². The number of carbonyl (C=O) groups excluding carboxylic acids is 1. The second kappa shape index (κ2) is 7.83. The molecule has 3 rings (SSSR count). The van der Waals surface area contributed by atoms with Crippen LogP contribution >= 0.6 is 0 Å². The van der Waals surface area contributed by atoms with E-state index in [1.807, 2.05) is 30.3 Å². The zero-order valence-electron chi connectivity index (χ0n) is 14.5. The van der Waals surface area contributed by atoms with Crippen LogP contribution in [-0.2, 0) is 4.79 Å². The third-order valence-corrected chi connectivity index (χ3v) is 4.20. The van der Waals surface area contributed by atoms with Crippen LogP contribution in [0.25, 0.3) is 0 Å². The Morgan fingerprint density at radius 2 is 2.00 bits per heavy atom. The molecule has 0 spiro atoms. The number of nitrogens with one attached hydrogen (secondary N) is 2. The number of hydrogen-bond donors (Lipinski definition) is 2. The molecule has 1 amide bonds. The minimum absolute atomic E-state index is 0.0257. The van der Waals surface area contributed by atoms with Crippen molar-refractivity contribution in [3.05, 3.63) is 36.5 Å². The van der Waals surface area contributed by atoms with Crippen molar-refractivity contribution in [1.29, 1.82) is 0 Å². The lowest BCUT2D eigenvalue weighted by molar-refractivity contribution is -0.119. The summed E-state index contributed by atoms with van der Waals surface area (Å²) >= 11 is 0. The molecule has 0 atom stereocenters. The Bertz CT molecular complexity index is 729. The van der Waals surface area contributed by atoms with Gasteiger partial charge >= 0.3 is 0 Å². The molecule has 132 valence electrons. The van der Waals surface area contributed by atoms with E-state index in [0.29, 0.717) is 5.95 Å². The van der Waals surface area contributed by atoms with Crippen molar-refractivity contribution in [2.75, 3.05) is 30.4 Å². The SMILES string of the molecule is COc1ccccc1Nc1ccnc(N2CCC(NC(C)=O)CC2)n1. The highest BCUT2D eigenvalue weighted by Gasteiger charge is 2.21. The number of ether oxygens (including phenoxy) is 1. The molecule has 1 aliphatic heterocycles. The van der Waals surface area contributed by atoms with Crippen molar-refractivity contribution in [2.24, 2.45) is 0 Å². The van der Waals surface area contributed by atoms with Crippen LogP contribution in [0.3, 0.4) is 0 Å². The smallest absolute Gasteiger partial charge is 0.227 e. The summed E-state index contributed by atoms with van der Waals surface area (Å²) in [6, 6.07) is 9.79. The van der Waals surface area contributed by atoms with Crippen molar-refractivity contribution < 1.29 is 9.53 Å². The second-order valence-corrected chi connectivity index (χ2v) is 6.03. The molecule has 2 N–H and O–H groups in total. The van der Waals surface area contributed by atoms with E-state index < -0.39 is 0 Å². The van der Waals surface area contributed by atoms with Gasteiger partial charge in [-0.2, -0.15) is 4.98 Å². The predicted octanol–water partition coefficient (Wildman–Crippen LogP) is 2.33. The summed E-state index contributed by atoms with van der Waals surface area (Å²) in [5, 5.41) is 6.26. The van der Waals surface area contributed by atoms with Gasteiger partial charge in [0.25, 0.3) is 0 Å². The summed E-state index contributed by atoms with van der Waals surface area (Å²) < 4.78 is 5.36. The first-order valence-electron chi connectivity index (χ1n) is 8.41. The Morgan fingerprint density at radius 3 is 2.72 bits per heavy atom. The molecular formula is C18H23N5O2. The molecule has 0 unspecified atom stereocenters. The van der Waals surface area contributed by atoms with Gasteiger partial charge in [-0.15, -0.1) is 0 Å². The molecule has 0 radical (unpaired) electrons. The largest absolute Gasteiger partial charge is 0.495 e. The number of carbonyl (C=O) groups is 1. The highest BCUT2D eigenvalue weighted by atomic mass is 16.5. The van der Waals surface area contributed by atoms with Gasteiger partial charge in [-0.25, -0.2) is 4.98 Å². The normalized spacial score (nSPS) is 14.9. The third kappa shape index (κ3) is 4.37. The Balaban J connectivity index is 1.67. The molecule has 25 heavy (non-hydrogen) atoms. The second-order valence-electron chi connectivity index (χ2n) is 6.03. The highest BCUT2D eigenvalue weighted by Crippen LogP contribution is 2.27. The van der Waals surface area contributed by atoms with E-state index >= 15 is 0 Å². The van der Waals surface area contributed by atoms with Crippen LogP contribution < -0.4 is 20.3 Å². The van der Waals surface area contributed by atoms with Gasteiger partial charge in [-0.05, 0) is 31.0 Å². The van der Waals surface area contributed by atoms with E-state index in [1.54, 1.807) is 20.2 Å². The molecule has 0 bridgehead atoms. The fourth-order valence-corrected chi connectivity index (χ4v) is 2.97. The Kier molecular flexibility index (Phi) is 5.33. The first-order valence-corrected chi connectivity index (χ1v) is 8.41. The first-order chi connectivity index (χ1) is 12.2. The quantitative estimate of drug-likeness (QED) is 0.869. The fraction of sp³-hybridized carbons (Fsp3) is 0.389. The van der Waals surface area contributed by atoms with Gasteiger partial charge < -0.3 is 20.3 Å². The van der Waals surface area contributed by atoms with Gasteiger partial charge in [0.15, 0.2) is 0 Å². The number of piperidine rings is 1. The van der Waals surface area contributed by atoms with Crippen LogP contribution in [0, 0.1) is 0 Å². The summed E-state index contributed by atoms with van der Waals surface area (Å²) in [4.78, 5) is 22.3. The van der Waals surface area contributed by atoms with E-state index in [1.165, 1.54) is 0 Å². The van der Waals surface area contributed by atoms with E-state index in [-0.39, 0.29) is 11.9 Å². The van der Waals surface area contributed by atoms with Crippen LogP contribution in [0.1, 0.15) is 19.8 Å². The number of hydrogen-bond acceptors (Lipinski definition) is 6. The van der Waals surface area contributed by atoms with Crippen molar-refractivity contribution >= 4 is 23.4 Å². The summed E-state index contributed by atoms with van der Waals surface area (Å²) in [5.41, 5.74) is 0.860. The molecule has 7 nitrogen and oxygen atoms in total. The number of anilines is 3. The van der Waals surface area contributed by atoms with E-state index in [9.17, 15) is 4.79 Å². The maximum absolute atomic E-state index is 11.2. The number of rotatable bonds is 5. The van der Waals surface area contributed by atoms with Crippen LogP contribution in [0.15, 0.2) is 36.5 Å². The number of aromatic nitrogens is 2. The zero-order chi connectivity index (χ0) is 17.6. The maximum atomic E-state index is 11.2. The molecule has 0 aliphatic carbocycles. The first kappa shape index (κ1) is 17.0. The average Bonchev–Trinajstić information content (AvgIpc) is 2.62. The lowest BCUT2D eigenvalue weighted by Crippen LogP contribution is -2.44. The lowest BCUT2D eigenvalue weighted by Gasteiger charge is -2.32. The Morgan fingerprint density at radius 1 is 1.24 bits per heavy atom. The lowest BCUT2D eigenvalue weighted by atomic mass is 10.1. The van der Waals surface area contributed by atoms with Gasteiger partial charge in [-0.3, -0.25) is 4.79 Å². The standard InChI is InChI=1S/C18H23N5O2/c1-13(24)20-14-8-11-23(12-9-14)18-19-10-7-17(22-18)21-15-5-3-4-6-16(15)25-2/h3-7,10,14H,8-9,11-12H2,1-2H3,(H,20,24)(H,19,21,22). The van der Waals surface area contributed by atoms with Crippen molar-refractivity contribution in [3.8, 4) is 5.75 Å². The third-order valence-electron chi connectivity index (χ3n) is 4.20. The van der Waals surface area contributed by atoms with Crippen LogP contribution in [0.4, 0.5) is 17.5 Å². The Hall–Kier alpha value is -2.83. The minimum Gasteiger partial charge on any atom is -0.495 e. The number of nitrogens with zero attached hydrogens (tertiary/aromatic N) is 3. The van der Waals surface area contributed by atoms with Crippen molar-refractivity contribution in [2.45, 2.75) is 25.8 Å². The molecular weight excluding hydrogens is 318 g/mol. The van der Waals surface area contributed by atoms with Crippen LogP contribution in [0.5, 0.6) is 5.75 Å². The molecule has 1 saturated heterocycles. The molecule has 2 heterocycles. The highest BCUT2D eigenvalue weighted by molar-refractivity contribution is 5.73. The van der Waals surface area contributed by atoms with Crippen LogP contribution in [0.2, 0.25) is 0 Å². The average molecular weight is 341 g/mol. The summed E-state index contributed by atoms with van der Waals surface area (Å²) in [6.07, 6.45) is 3.54. The number of benzene rings is 1. The maximum Gasteiger partial charge on any atom is 0.227 e.